The van der Waals surface area contributed by atoms with Gasteiger partial charge >= 0.3 is 0 Å². The summed E-state index contributed by atoms with van der Waals surface area (Å²) in [4.78, 5) is 14.1. The first-order chi connectivity index (χ1) is 8.19. The van der Waals surface area contributed by atoms with E-state index in [1.54, 1.807) is 19.2 Å². The Bertz CT molecular complexity index is 368. The maximum Gasteiger partial charge on any atom is 0.178 e. The molecule has 0 aliphatic carbocycles. The van der Waals surface area contributed by atoms with E-state index in [1.807, 2.05) is 24.0 Å². The minimum absolute atomic E-state index is 0.0496. The highest BCUT2D eigenvalue weighted by Crippen LogP contribution is 2.15. The van der Waals surface area contributed by atoms with Gasteiger partial charge in [-0.2, -0.15) is 0 Å². The molecule has 0 heterocycles. The van der Waals surface area contributed by atoms with E-state index < -0.39 is 0 Å². The lowest BCUT2D eigenvalue weighted by atomic mass is 10.1. The van der Waals surface area contributed by atoms with Crippen molar-refractivity contribution in [2.24, 2.45) is 0 Å². The van der Waals surface area contributed by atoms with Crippen LogP contribution < -0.4 is 0 Å². The molecule has 0 aliphatic heterocycles. The van der Waals surface area contributed by atoms with Gasteiger partial charge in [-0.05, 0) is 18.7 Å². The molecule has 0 spiro atoms. The predicted molar refractivity (Wildman–Crippen MR) is 69.8 cm³/mol. The average Bonchev–Trinajstić information content (AvgIpc) is 2.34. The number of benzene rings is 1. The number of halogens is 1. The summed E-state index contributed by atoms with van der Waals surface area (Å²) in [6, 6.07) is 7.14. The third-order valence-corrected chi connectivity index (χ3v) is 2.93. The van der Waals surface area contributed by atoms with Crippen molar-refractivity contribution in [2.45, 2.75) is 6.92 Å². The first kappa shape index (κ1) is 14.2. The fourth-order valence-corrected chi connectivity index (χ4v) is 1.79. The second-order valence-electron chi connectivity index (χ2n) is 3.76. The van der Waals surface area contributed by atoms with E-state index in [2.05, 4.69) is 0 Å². The number of nitrogens with zero attached hydrogens (tertiary/aromatic N) is 1. The summed E-state index contributed by atoms with van der Waals surface area (Å²) in [6.07, 6.45) is 0. The summed E-state index contributed by atoms with van der Waals surface area (Å²) >= 11 is 5.99. The minimum Gasteiger partial charge on any atom is -0.383 e. The van der Waals surface area contributed by atoms with E-state index in [9.17, 15) is 4.79 Å². The van der Waals surface area contributed by atoms with Crippen molar-refractivity contribution in [2.75, 3.05) is 33.4 Å². The third-order valence-electron chi connectivity index (χ3n) is 2.60. The number of ketones is 1. The number of carbonyl (C=O) groups is 1. The van der Waals surface area contributed by atoms with E-state index in [0.717, 1.165) is 13.1 Å². The molecule has 0 amide bonds. The Balaban J connectivity index is 2.61. The van der Waals surface area contributed by atoms with Gasteiger partial charge in [-0.3, -0.25) is 9.69 Å². The summed E-state index contributed by atoms with van der Waals surface area (Å²) < 4.78 is 5.01. The predicted octanol–water partition coefficient (Wildman–Crippen LogP) is 2.49. The number of carbonyl (C=O) groups excluding carboxylic acids is 1. The van der Waals surface area contributed by atoms with Crippen LogP contribution >= 0.6 is 11.6 Å². The van der Waals surface area contributed by atoms with Crippen LogP contribution in [0.3, 0.4) is 0 Å². The van der Waals surface area contributed by atoms with Crippen molar-refractivity contribution in [3.63, 3.8) is 0 Å². The highest BCUT2D eigenvalue weighted by Gasteiger charge is 2.13. The topological polar surface area (TPSA) is 29.5 Å². The van der Waals surface area contributed by atoms with Gasteiger partial charge in [-0.1, -0.05) is 30.7 Å². The Morgan fingerprint density at radius 1 is 1.41 bits per heavy atom. The monoisotopic (exact) mass is 255 g/mol. The lowest BCUT2D eigenvalue weighted by Gasteiger charge is -2.19. The zero-order chi connectivity index (χ0) is 12.7. The van der Waals surface area contributed by atoms with Gasteiger partial charge < -0.3 is 4.74 Å². The number of Topliss-reactive ketones (excluding diaryl/α,β-unsaturated/α-hetero) is 1. The summed E-state index contributed by atoms with van der Waals surface area (Å²) in [5, 5.41) is 0.514. The molecule has 0 unspecified atom stereocenters. The van der Waals surface area contributed by atoms with E-state index in [1.165, 1.54) is 0 Å². The fraction of sp³-hybridized carbons (Fsp3) is 0.462. The van der Waals surface area contributed by atoms with Crippen molar-refractivity contribution in [3.05, 3.63) is 34.9 Å². The molecular weight excluding hydrogens is 238 g/mol. The van der Waals surface area contributed by atoms with Gasteiger partial charge in [0.15, 0.2) is 5.78 Å². The van der Waals surface area contributed by atoms with Gasteiger partial charge in [-0.15, -0.1) is 0 Å². The molecule has 0 saturated heterocycles. The van der Waals surface area contributed by atoms with Gasteiger partial charge in [0.2, 0.25) is 0 Å². The summed E-state index contributed by atoms with van der Waals surface area (Å²) in [7, 11) is 1.66. The Morgan fingerprint density at radius 3 is 2.71 bits per heavy atom. The highest BCUT2D eigenvalue weighted by molar-refractivity contribution is 6.34. The quantitative estimate of drug-likeness (QED) is 0.701. The van der Waals surface area contributed by atoms with Gasteiger partial charge in [0.1, 0.15) is 0 Å². The van der Waals surface area contributed by atoms with Gasteiger partial charge in [0.05, 0.1) is 18.2 Å². The van der Waals surface area contributed by atoms with Crippen LogP contribution in [0.25, 0.3) is 0 Å². The maximum atomic E-state index is 12.0. The average molecular weight is 256 g/mol. The van der Waals surface area contributed by atoms with Crippen LogP contribution in [0.1, 0.15) is 17.3 Å². The van der Waals surface area contributed by atoms with Crippen molar-refractivity contribution in [1.29, 1.82) is 0 Å². The molecule has 1 rings (SSSR count). The number of likely N-dealkylation sites (N-methyl/N-ethyl adjacent to an activating group) is 1. The normalized spacial score (nSPS) is 10.8. The standard InChI is InChI=1S/C13H18ClNO2/c1-3-15(8-9-17-2)10-13(16)11-6-4-5-7-12(11)14/h4-7H,3,8-10H2,1-2H3. The SMILES string of the molecule is CCN(CCOC)CC(=O)c1ccccc1Cl. The molecule has 3 nitrogen and oxygen atoms in total. The first-order valence-corrected chi connectivity index (χ1v) is 6.05. The van der Waals surface area contributed by atoms with Crippen molar-refractivity contribution in [1.82, 2.24) is 4.90 Å². The van der Waals surface area contributed by atoms with E-state index >= 15 is 0 Å². The molecular formula is C13H18ClNO2. The number of ether oxygens (including phenoxy) is 1. The van der Waals surface area contributed by atoms with Crippen LogP contribution in [-0.4, -0.2) is 44.0 Å². The van der Waals surface area contributed by atoms with E-state index in [-0.39, 0.29) is 5.78 Å². The molecule has 17 heavy (non-hydrogen) atoms. The highest BCUT2D eigenvalue weighted by atomic mass is 35.5. The van der Waals surface area contributed by atoms with Gasteiger partial charge in [0.25, 0.3) is 0 Å². The fourth-order valence-electron chi connectivity index (χ4n) is 1.54. The molecule has 1 aromatic rings. The number of hydrogen-bond acceptors (Lipinski definition) is 3. The third kappa shape index (κ3) is 4.46. The maximum absolute atomic E-state index is 12.0. The van der Waals surface area contributed by atoms with Crippen LogP contribution in [0, 0.1) is 0 Å². The molecule has 0 bridgehead atoms. The van der Waals surface area contributed by atoms with Crippen molar-refractivity contribution >= 4 is 17.4 Å². The van der Waals surface area contributed by atoms with Crippen LogP contribution in [0.4, 0.5) is 0 Å². The van der Waals surface area contributed by atoms with Crippen LogP contribution in [0.2, 0.25) is 5.02 Å². The zero-order valence-corrected chi connectivity index (χ0v) is 11.0. The Labute approximate surface area is 107 Å². The molecule has 0 N–H and O–H groups in total. The summed E-state index contributed by atoms with van der Waals surface area (Å²) in [5.41, 5.74) is 0.588. The van der Waals surface area contributed by atoms with Gasteiger partial charge in [-0.25, -0.2) is 0 Å². The minimum atomic E-state index is 0.0496. The second kappa shape index (κ2) is 7.43. The van der Waals surface area contributed by atoms with Crippen LogP contribution in [0.15, 0.2) is 24.3 Å². The first-order valence-electron chi connectivity index (χ1n) is 5.68. The molecule has 0 radical (unpaired) electrons. The lowest BCUT2D eigenvalue weighted by Crippen LogP contribution is -2.32. The molecule has 0 aromatic heterocycles. The molecule has 0 aliphatic rings. The number of hydrogen-bond donors (Lipinski definition) is 0. The Morgan fingerprint density at radius 2 is 2.12 bits per heavy atom. The molecule has 4 heteroatoms. The Hall–Kier alpha value is -0.900. The number of methoxy groups -OCH3 is 1. The van der Waals surface area contributed by atoms with Crippen LogP contribution in [-0.2, 0) is 4.74 Å². The Kier molecular flexibility index (Phi) is 6.19. The molecule has 0 fully saturated rings. The number of rotatable bonds is 7. The smallest absolute Gasteiger partial charge is 0.178 e. The second-order valence-corrected chi connectivity index (χ2v) is 4.17. The lowest BCUT2D eigenvalue weighted by molar-refractivity contribution is 0.0902. The molecule has 0 saturated carbocycles. The molecule has 94 valence electrons. The van der Waals surface area contributed by atoms with Gasteiger partial charge in [0, 0.05) is 19.2 Å². The molecule has 0 atom stereocenters. The summed E-state index contributed by atoms with van der Waals surface area (Å²) in [5.74, 6) is 0.0496. The molecule has 1 aromatic carbocycles. The van der Waals surface area contributed by atoms with Crippen molar-refractivity contribution in [3.8, 4) is 0 Å². The van der Waals surface area contributed by atoms with E-state index in [4.69, 9.17) is 16.3 Å². The van der Waals surface area contributed by atoms with Crippen LogP contribution in [0.5, 0.6) is 0 Å². The van der Waals surface area contributed by atoms with Crippen molar-refractivity contribution < 1.29 is 9.53 Å². The zero-order valence-electron chi connectivity index (χ0n) is 10.3. The van der Waals surface area contributed by atoms with E-state index in [0.29, 0.717) is 23.7 Å². The summed E-state index contributed by atoms with van der Waals surface area (Å²) in [6.45, 7) is 4.60. The largest absolute Gasteiger partial charge is 0.383 e.